The highest BCUT2D eigenvalue weighted by Crippen LogP contribution is 2.23. The number of aryl methyl sites for hydroxylation is 3. The summed E-state index contributed by atoms with van der Waals surface area (Å²) in [5, 5.41) is 0. The quantitative estimate of drug-likeness (QED) is 0.641. The molecule has 0 N–H and O–H groups in total. The molecular formula is C13H14N. The Morgan fingerprint density at radius 1 is 1.21 bits per heavy atom. The minimum atomic E-state index is 1.23. The van der Waals surface area contributed by atoms with Crippen LogP contribution in [0.15, 0.2) is 30.5 Å². The standard InChI is InChI=1S/C13H14N/c1-10-6-7-11(2)12(9-10)13-5-4-8-14(13)3/h5-9H,1-3H3. The molecule has 71 valence electrons. The predicted octanol–water partition coefficient (Wildman–Crippen LogP) is 3.11. The van der Waals surface area contributed by atoms with Crippen molar-refractivity contribution in [2.75, 3.05) is 0 Å². The molecule has 0 aliphatic carbocycles. The first-order chi connectivity index (χ1) is 6.68. The molecule has 1 aromatic heterocycles. The first-order valence-corrected chi connectivity index (χ1v) is 4.78. The second kappa shape index (κ2) is 3.33. The molecule has 0 fully saturated rings. The van der Waals surface area contributed by atoms with Gasteiger partial charge < -0.3 is 4.57 Å². The van der Waals surface area contributed by atoms with E-state index in [1.54, 1.807) is 0 Å². The average molecular weight is 184 g/mol. The zero-order chi connectivity index (χ0) is 10.1. The monoisotopic (exact) mass is 184 g/mol. The van der Waals surface area contributed by atoms with Crippen molar-refractivity contribution in [2.24, 2.45) is 7.05 Å². The maximum absolute atomic E-state index is 3.11. The molecule has 0 saturated heterocycles. The van der Waals surface area contributed by atoms with Crippen LogP contribution < -0.4 is 0 Å². The van der Waals surface area contributed by atoms with Crippen molar-refractivity contribution in [1.82, 2.24) is 4.57 Å². The topological polar surface area (TPSA) is 4.93 Å². The third-order valence-corrected chi connectivity index (χ3v) is 2.54. The van der Waals surface area contributed by atoms with Crippen LogP contribution in [0.25, 0.3) is 11.3 Å². The molecule has 0 spiro atoms. The smallest absolute Gasteiger partial charge is 0.0486 e. The van der Waals surface area contributed by atoms with Crippen LogP contribution in [0.3, 0.4) is 0 Å². The van der Waals surface area contributed by atoms with E-state index < -0.39 is 0 Å². The Labute approximate surface area is 85.0 Å². The summed E-state index contributed by atoms with van der Waals surface area (Å²) in [6.07, 6.45) is 1.96. The summed E-state index contributed by atoms with van der Waals surface area (Å²) >= 11 is 0. The molecule has 0 aliphatic rings. The fourth-order valence-corrected chi connectivity index (χ4v) is 1.68. The Morgan fingerprint density at radius 3 is 2.64 bits per heavy atom. The van der Waals surface area contributed by atoms with Crippen LogP contribution in [0.2, 0.25) is 0 Å². The maximum atomic E-state index is 3.11. The lowest BCUT2D eigenvalue weighted by atomic mass is 10.0. The van der Waals surface area contributed by atoms with Gasteiger partial charge in [-0.2, -0.15) is 0 Å². The summed E-state index contributed by atoms with van der Waals surface area (Å²) in [5.74, 6) is 0. The zero-order valence-electron chi connectivity index (χ0n) is 8.83. The van der Waals surface area contributed by atoms with Gasteiger partial charge in [0.1, 0.15) is 0 Å². The highest BCUT2D eigenvalue weighted by atomic mass is 14.9. The molecule has 0 unspecified atom stereocenters. The van der Waals surface area contributed by atoms with E-state index >= 15 is 0 Å². The molecule has 0 amide bonds. The van der Waals surface area contributed by atoms with E-state index in [0.29, 0.717) is 0 Å². The van der Waals surface area contributed by atoms with Crippen LogP contribution in [0.4, 0.5) is 0 Å². The van der Waals surface area contributed by atoms with Crippen molar-refractivity contribution in [3.05, 3.63) is 47.7 Å². The Balaban J connectivity index is 2.62. The predicted molar refractivity (Wildman–Crippen MR) is 59.2 cm³/mol. The molecule has 0 atom stereocenters. The second-order valence-electron chi connectivity index (χ2n) is 3.75. The summed E-state index contributed by atoms with van der Waals surface area (Å²) in [4.78, 5) is 0. The highest BCUT2D eigenvalue weighted by Gasteiger charge is 2.04. The Kier molecular flexibility index (Phi) is 2.16. The SMILES string of the molecule is Cc1ccc(C)c(-c2c[c]cn2C)c1. The van der Waals surface area contributed by atoms with Gasteiger partial charge in [-0.1, -0.05) is 17.7 Å². The summed E-state index contributed by atoms with van der Waals surface area (Å²) in [6.45, 7) is 4.26. The summed E-state index contributed by atoms with van der Waals surface area (Å²) < 4.78 is 2.10. The van der Waals surface area contributed by atoms with E-state index in [1.165, 1.54) is 22.4 Å². The van der Waals surface area contributed by atoms with Crippen LogP contribution in [0.1, 0.15) is 11.1 Å². The zero-order valence-corrected chi connectivity index (χ0v) is 8.83. The summed E-state index contributed by atoms with van der Waals surface area (Å²) in [6, 6.07) is 11.7. The van der Waals surface area contributed by atoms with Crippen LogP contribution in [0.5, 0.6) is 0 Å². The van der Waals surface area contributed by atoms with E-state index in [1.807, 2.05) is 19.3 Å². The number of hydrogen-bond donors (Lipinski definition) is 0. The van der Waals surface area contributed by atoms with E-state index in [4.69, 9.17) is 0 Å². The van der Waals surface area contributed by atoms with Crippen molar-refractivity contribution in [1.29, 1.82) is 0 Å². The lowest BCUT2D eigenvalue weighted by Gasteiger charge is -2.08. The second-order valence-corrected chi connectivity index (χ2v) is 3.75. The molecule has 14 heavy (non-hydrogen) atoms. The molecule has 0 saturated carbocycles. The Morgan fingerprint density at radius 2 is 2.00 bits per heavy atom. The molecule has 1 aromatic carbocycles. The minimum absolute atomic E-state index is 1.23. The van der Waals surface area contributed by atoms with Gasteiger partial charge in [-0.3, -0.25) is 0 Å². The van der Waals surface area contributed by atoms with Crippen molar-refractivity contribution in [2.45, 2.75) is 13.8 Å². The van der Waals surface area contributed by atoms with Crippen LogP contribution >= 0.6 is 0 Å². The van der Waals surface area contributed by atoms with Crippen molar-refractivity contribution >= 4 is 0 Å². The third kappa shape index (κ3) is 1.46. The molecular weight excluding hydrogens is 170 g/mol. The fourth-order valence-electron chi connectivity index (χ4n) is 1.68. The molecule has 2 aromatic rings. The van der Waals surface area contributed by atoms with E-state index in [9.17, 15) is 0 Å². The van der Waals surface area contributed by atoms with Gasteiger partial charge in [-0.15, -0.1) is 0 Å². The van der Waals surface area contributed by atoms with Crippen molar-refractivity contribution in [3.8, 4) is 11.3 Å². The van der Waals surface area contributed by atoms with Gasteiger partial charge in [0.2, 0.25) is 0 Å². The van der Waals surface area contributed by atoms with Crippen LogP contribution in [0, 0.1) is 19.9 Å². The third-order valence-electron chi connectivity index (χ3n) is 2.54. The van der Waals surface area contributed by atoms with Crippen LogP contribution in [-0.2, 0) is 7.05 Å². The van der Waals surface area contributed by atoms with Gasteiger partial charge >= 0.3 is 0 Å². The number of aromatic nitrogens is 1. The first-order valence-electron chi connectivity index (χ1n) is 4.78. The molecule has 1 radical (unpaired) electrons. The molecule has 0 aliphatic heterocycles. The molecule has 1 heterocycles. The van der Waals surface area contributed by atoms with Gasteiger partial charge in [0, 0.05) is 30.6 Å². The van der Waals surface area contributed by atoms with Gasteiger partial charge in [0.25, 0.3) is 0 Å². The maximum Gasteiger partial charge on any atom is 0.0486 e. The molecule has 2 rings (SSSR count). The van der Waals surface area contributed by atoms with E-state index in [-0.39, 0.29) is 0 Å². The summed E-state index contributed by atoms with van der Waals surface area (Å²) in [5.41, 5.74) is 5.14. The molecule has 1 nitrogen and oxygen atoms in total. The fraction of sp³-hybridized carbons (Fsp3) is 0.231. The largest absolute Gasteiger partial charge is 0.350 e. The molecule has 1 heteroatoms. The lowest BCUT2D eigenvalue weighted by molar-refractivity contribution is 0.935. The van der Waals surface area contributed by atoms with Gasteiger partial charge in [0.15, 0.2) is 0 Å². The van der Waals surface area contributed by atoms with E-state index in [0.717, 1.165) is 0 Å². The first kappa shape index (κ1) is 9.07. The van der Waals surface area contributed by atoms with Crippen molar-refractivity contribution in [3.63, 3.8) is 0 Å². The minimum Gasteiger partial charge on any atom is -0.350 e. The van der Waals surface area contributed by atoms with Gasteiger partial charge in [-0.05, 0) is 31.5 Å². The lowest BCUT2D eigenvalue weighted by Crippen LogP contribution is -1.92. The number of rotatable bonds is 1. The number of benzene rings is 1. The highest BCUT2D eigenvalue weighted by molar-refractivity contribution is 5.64. The van der Waals surface area contributed by atoms with Gasteiger partial charge in [-0.25, -0.2) is 0 Å². The summed E-state index contributed by atoms with van der Waals surface area (Å²) in [7, 11) is 2.05. The normalized spacial score (nSPS) is 10.5. The Bertz CT molecular complexity index is 452. The van der Waals surface area contributed by atoms with Gasteiger partial charge in [0.05, 0.1) is 0 Å². The van der Waals surface area contributed by atoms with E-state index in [2.05, 4.69) is 42.7 Å². The average Bonchev–Trinajstić information content (AvgIpc) is 2.56. The number of hydrogen-bond acceptors (Lipinski definition) is 0. The molecule has 0 bridgehead atoms. The Hall–Kier alpha value is -1.50. The van der Waals surface area contributed by atoms with Crippen LogP contribution in [-0.4, -0.2) is 4.57 Å². The van der Waals surface area contributed by atoms with Crippen molar-refractivity contribution < 1.29 is 0 Å². The number of nitrogens with zero attached hydrogens (tertiary/aromatic N) is 1.